The number of hydrogen-bond donors (Lipinski definition) is 2. The van der Waals surface area contributed by atoms with Gasteiger partial charge in [0.15, 0.2) is 5.69 Å². The lowest BCUT2D eigenvalue weighted by Gasteiger charge is -2.11. The van der Waals surface area contributed by atoms with Gasteiger partial charge in [-0.3, -0.25) is 9.89 Å². The van der Waals surface area contributed by atoms with Crippen molar-refractivity contribution in [1.82, 2.24) is 35.2 Å². The smallest absolute Gasteiger partial charge is 0.288 e. The summed E-state index contributed by atoms with van der Waals surface area (Å²) in [7, 11) is 0. The molecule has 0 radical (unpaired) electrons. The van der Waals surface area contributed by atoms with Crippen molar-refractivity contribution in [2.24, 2.45) is 0 Å². The number of aromatic nitrogens is 7. The highest BCUT2D eigenvalue weighted by Gasteiger charge is 2.39. The maximum atomic E-state index is 13.9. The van der Waals surface area contributed by atoms with Crippen molar-refractivity contribution >= 4 is 17.2 Å². The number of aromatic amines is 2. The number of alkyl halides is 3. The molecule has 0 amide bonds. The third-order valence-electron chi connectivity index (χ3n) is 4.78. The summed E-state index contributed by atoms with van der Waals surface area (Å²) in [6, 6.07) is 14.2. The molecule has 8 nitrogen and oxygen atoms in total. The van der Waals surface area contributed by atoms with E-state index in [-0.39, 0.29) is 28.3 Å². The van der Waals surface area contributed by atoms with E-state index >= 15 is 0 Å². The molecule has 32 heavy (non-hydrogen) atoms. The second kappa shape index (κ2) is 7.31. The molecule has 12 heteroatoms. The Labute approximate surface area is 181 Å². The van der Waals surface area contributed by atoms with Gasteiger partial charge in [-0.25, -0.2) is 9.50 Å². The summed E-state index contributed by atoms with van der Waals surface area (Å²) < 4.78 is 42.7. The molecule has 2 N–H and O–H groups in total. The molecule has 3 heterocycles. The van der Waals surface area contributed by atoms with Crippen LogP contribution in [0.4, 0.5) is 13.2 Å². The molecule has 0 aliphatic carbocycles. The number of rotatable bonds is 3. The van der Waals surface area contributed by atoms with E-state index in [1.165, 1.54) is 18.2 Å². The Morgan fingerprint density at radius 3 is 2.41 bits per heavy atom. The molecule has 0 saturated carbocycles. The minimum Gasteiger partial charge on any atom is -0.288 e. The van der Waals surface area contributed by atoms with Crippen LogP contribution in [0, 0.1) is 0 Å². The Bertz CT molecular complexity index is 1490. The SMILES string of the molecule is O=c1c(-c2cccc(Cl)c2)c(-c2nn[nH]n2)[nH]n2c(-c3ccccc3)c(C(F)(F)F)nc12. The summed E-state index contributed by atoms with van der Waals surface area (Å²) in [6.07, 6.45) is -4.81. The lowest BCUT2D eigenvalue weighted by molar-refractivity contribution is -0.140. The van der Waals surface area contributed by atoms with Crippen molar-refractivity contribution in [3.63, 3.8) is 0 Å². The predicted molar refractivity (Wildman–Crippen MR) is 110 cm³/mol. The van der Waals surface area contributed by atoms with E-state index < -0.39 is 22.9 Å². The van der Waals surface area contributed by atoms with E-state index in [1.54, 1.807) is 36.4 Å². The van der Waals surface area contributed by atoms with Crippen molar-refractivity contribution < 1.29 is 13.2 Å². The summed E-state index contributed by atoms with van der Waals surface area (Å²) >= 11 is 6.08. The lowest BCUT2D eigenvalue weighted by atomic mass is 10.0. The molecule has 5 rings (SSSR count). The molecule has 0 spiro atoms. The van der Waals surface area contributed by atoms with E-state index in [0.717, 1.165) is 4.52 Å². The number of halogens is 4. The van der Waals surface area contributed by atoms with Crippen molar-refractivity contribution in [2.75, 3.05) is 0 Å². The van der Waals surface area contributed by atoms with Crippen LogP contribution in [-0.2, 0) is 6.18 Å². The van der Waals surface area contributed by atoms with Gasteiger partial charge in [0, 0.05) is 10.6 Å². The number of hydrogen-bond acceptors (Lipinski definition) is 5. The van der Waals surface area contributed by atoms with E-state index in [1.807, 2.05) is 0 Å². The van der Waals surface area contributed by atoms with Gasteiger partial charge >= 0.3 is 6.18 Å². The fraction of sp³-hybridized carbons (Fsp3) is 0.0500. The van der Waals surface area contributed by atoms with E-state index in [4.69, 9.17) is 11.6 Å². The first-order chi connectivity index (χ1) is 15.3. The lowest BCUT2D eigenvalue weighted by Crippen LogP contribution is -2.15. The minimum absolute atomic E-state index is 0.0136. The van der Waals surface area contributed by atoms with E-state index in [9.17, 15) is 18.0 Å². The monoisotopic (exact) mass is 457 g/mol. The number of nitrogens with zero attached hydrogens (tertiary/aromatic N) is 5. The Morgan fingerprint density at radius 2 is 1.75 bits per heavy atom. The highest BCUT2D eigenvalue weighted by molar-refractivity contribution is 6.30. The zero-order valence-corrected chi connectivity index (χ0v) is 16.6. The zero-order chi connectivity index (χ0) is 22.5. The molecule has 5 aromatic rings. The second-order valence-corrected chi connectivity index (χ2v) is 7.20. The van der Waals surface area contributed by atoms with Gasteiger partial charge in [-0.2, -0.15) is 18.4 Å². The Balaban J connectivity index is 1.94. The highest BCUT2D eigenvalue weighted by Crippen LogP contribution is 2.37. The number of benzene rings is 2. The largest absolute Gasteiger partial charge is 0.435 e. The van der Waals surface area contributed by atoms with Crippen molar-refractivity contribution in [3.05, 3.63) is 75.5 Å². The van der Waals surface area contributed by atoms with Crippen LogP contribution in [0.3, 0.4) is 0 Å². The Hall–Kier alpha value is -3.99. The minimum atomic E-state index is -4.81. The summed E-state index contributed by atoms with van der Waals surface area (Å²) in [6.45, 7) is 0. The van der Waals surface area contributed by atoms with Crippen LogP contribution in [0.5, 0.6) is 0 Å². The molecule has 0 bridgehead atoms. The van der Waals surface area contributed by atoms with Gasteiger partial charge in [0.1, 0.15) is 11.4 Å². The normalized spacial score (nSPS) is 11.9. The molecular formula is C20H11ClF3N7O. The maximum Gasteiger partial charge on any atom is 0.435 e. The van der Waals surface area contributed by atoms with Crippen LogP contribution in [0.15, 0.2) is 59.4 Å². The average Bonchev–Trinajstić information content (AvgIpc) is 3.42. The van der Waals surface area contributed by atoms with Gasteiger partial charge < -0.3 is 0 Å². The summed E-state index contributed by atoms with van der Waals surface area (Å²) in [5, 5.41) is 16.7. The Morgan fingerprint density at radius 1 is 1.00 bits per heavy atom. The molecule has 3 aromatic heterocycles. The van der Waals surface area contributed by atoms with Crippen LogP contribution < -0.4 is 5.43 Å². The third-order valence-corrected chi connectivity index (χ3v) is 5.01. The quantitative estimate of drug-likeness (QED) is 0.422. The van der Waals surface area contributed by atoms with Crippen LogP contribution in [0.1, 0.15) is 5.69 Å². The molecule has 0 aliphatic rings. The second-order valence-electron chi connectivity index (χ2n) is 6.77. The molecule has 0 saturated heterocycles. The van der Waals surface area contributed by atoms with Gasteiger partial charge in [0.2, 0.25) is 16.9 Å². The van der Waals surface area contributed by atoms with E-state index in [0.29, 0.717) is 10.6 Å². The number of imidazole rings is 1. The number of tetrazole rings is 1. The van der Waals surface area contributed by atoms with E-state index in [2.05, 4.69) is 30.7 Å². The predicted octanol–water partition coefficient (Wildman–Crippen LogP) is 4.21. The molecule has 0 unspecified atom stereocenters. The fourth-order valence-electron chi connectivity index (χ4n) is 3.48. The fourth-order valence-corrected chi connectivity index (χ4v) is 3.67. The number of H-pyrrole nitrogens is 2. The first-order valence-corrected chi connectivity index (χ1v) is 9.53. The highest BCUT2D eigenvalue weighted by atomic mass is 35.5. The summed E-state index contributed by atoms with van der Waals surface area (Å²) in [5.74, 6) is -0.0137. The number of nitrogens with one attached hydrogen (secondary N) is 2. The van der Waals surface area contributed by atoms with Crippen LogP contribution >= 0.6 is 11.6 Å². The Kier molecular flexibility index (Phi) is 4.55. The summed E-state index contributed by atoms with van der Waals surface area (Å²) in [5.41, 5.74) is -2.04. The van der Waals surface area contributed by atoms with Crippen LogP contribution in [0.2, 0.25) is 5.02 Å². The van der Waals surface area contributed by atoms with Gasteiger partial charge in [0.05, 0.1) is 5.56 Å². The molecule has 0 fully saturated rings. The molecular weight excluding hydrogens is 447 g/mol. The van der Waals surface area contributed by atoms with Crippen molar-refractivity contribution in [2.45, 2.75) is 6.18 Å². The van der Waals surface area contributed by atoms with Crippen LogP contribution in [0.25, 0.3) is 39.5 Å². The third kappa shape index (κ3) is 3.23. The maximum absolute atomic E-state index is 13.9. The first-order valence-electron chi connectivity index (χ1n) is 9.15. The van der Waals surface area contributed by atoms with Gasteiger partial charge in [-0.15, -0.1) is 10.2 Å². The van der Waals surface area contributed by atoms with Gasteiger partial charge in [-0.05, 0) is 22.9 Å². The van der Waals surface area contributed by atoms with Crippen molar-refractivity contribution in [1.29, 1.82) is 0 Å². The molecule has 160 valence electrons. The zero-order valence-electron chi connectivity index (χ0n) is 15.9. The van der Waals surface area contributed by atoms with Crippen molar-refractivity contribution in [3.8, 4) is 33.9 Å². The van der Waals surface area contributed by atoms with Gasteiger partial charge in [0.25, 0.3) is 0 Å². The summed E-state index contributed by atoms with van der Waals surface area (Å²) in [4.78, 5) is 17.2. The molecule has 0 aliphatic heterocycles. The van der Waals surface area contributed by atoms with Crippen LogP contribution in [-0.4, -0.2) is 35.2 Å². The van der Waals surface area contributed by atoms with Gasteiger partial charge in [-0.1, -0.05) is 54.1 Å². The standard InChI is InChI=1S/C20H11ClF3N7O/c21-12-8-4-7-11(9-12)13-14(18-26-29-30-27-18)28-31-15(10-5-2-1-3-6-10)17(20(22,23)24)25-19(31)16(13)32/h1-9,28H,(H,26,27,29,30). The first kappa shape index (κ1) is 19.9. The molecule has 2 aromatic carbocycles. The average molecular weight is 458 g/mol. The topological polar surface area (TPSA) is 105 Å². The molecule has 0 atom stereocenters. The number of fused-ring (bicyclic) bond motifs is 1.